The van der Waals surface area contributed by atoms with E-state index < -0.39 is 15.9 Å². The Morgan fingerprint density at radius 3 is 2.64 bits per heavy atom. The molecule has 2 aromatic heterocycles. The summed E-state index contributed by atoms with van der Waals surface area (Å²) in [5.74, 6) is -0.566. The van der Waals surface area contributed by atoms with E-state index in [2.05, 4.69) is 5.32 Å². The average Bonchev–Trinajstić information content (AvgIpc) is 3.46. The van der Waals surface area contributed by atoms with E-state index in [0.717, 1.165) is 25.7 Å². The summed E-state index contributed by atoms with van der Waals surface area (Å²) in [6, 6.07) is 19.0. The number of benzene rings is 2. The Bertz CT molecular complexity index is 1390. The summed E-state index contributed by atoms with van der Waals surface area (Å²) in [5, 5.41) is 3.89. The Morgan fingerprint density at radius 2 is 1.85 bits per heavy atom. The molecule has 0 aliphatic carbocycles. The number of nitrogens with one attached hydrogen (secondary N) is 1. The van der Waals surface area contributed by atoms with Crippen LogP contribution >= 0.6 is 22.7 Å². The van der Waals surface area contributed by atoms with Crippen LogP contribution in [0.2, 0.25) is 0 Å². The van der Waals surface area contributed by atoms with Crippen molar-refractivity contribution in [3.63, 3.8) is 0 Å². The van der Waals surface area contributed by atoms with Crippen LogP contribution in [0.4, 0.5) is 5.69 Å². The van der Waals surface area contributed by atoms with Gasteiger partial charge in [0.1, 0.15) is 9.22 Å². The predicted molar refractivity (Wildman–Crippen MR) is 134 cm³/mol. The number of amides is 1. The van der Waals surface area contributed by atoms with Crippen molar-refractivity contribution in [2.24, 2.45) is 5.92 Å². The molecule has 9 heteroatoms. The number of hydrogen-bond acceptors (Lipinski definition) is 6. The first-order valence-corrected chi connectivity index (χ1v) is 13.8. The standard InChI is InChI=1S/C24H23N3O3S3/c1-16-12-13-22(31-16)33(29,30)27-14-6-7-17(15-27)23(28)25-19-9-3-2-8-18(19)24-26-20-10-4-5-11-21(20)32-24/h2-5,8-13,17H,6-7,14-15H2,1H3,(H,25,28). The molecule has 1 unspecified atom stereocenters. The molecule has 0 radical (unpaired) electrons. The molecule has 170 valence electrons. The van der Waals surface area contributed by atoms with Crippen LogP contribution in [0.15, 0.2) is 64.9 Å². The molecule has 1 saturated heterocycles. The van der Waals surface area contributed by atoms with Crippen LogP contribution in [0.1, 0.15) is 17.7 Å². The molecule has 0 bridgehead atoms. The van der Waals surface area contributed by atoms with Crippen LogP contribution in [0.5, 0.6) is 0 Å². The zero-order valence-electron chi connectivity index (χ0n) is 18.0. The van der Waals surface area contributed by atoms with E-state index >= 15 is 0 Å². The van der Waals surface area contributed by atoms with E-state index in [1.165, 1.54) is 15.6 Å². The third kappa shape index (κ3) is 4.46. The number of hydrogen-bond donors (Lipinski definition) is 1. The topological polar surface area (TPSA) is 79.4 Å². The predicted octanol–water partition coefficient (Wildman–Crippen LogP) is 5.37. The van der Waals surface area contributed by atoms with Crippen molar-refractivity contribution >= 4 is 54.5 Å². The Labute approximate surface area is 201 Å². The first-order valence-electron chi connectivity index (χ1n) is 10.7. The minimum Gasteiger partial charge on any atom is -0.325 e. The Balaban J connectivity index is 1.36. The maximum absolute atomic E-state index is 13.2. The van der Waals surface area contributed by atoms with Gasteiger partial charge in [0.2, 0.25) is 5.91 Å². The molecular formula is C24H23N3O3S3. The van der Waals surface area contributed by atoms with Crippen molar-refractivity contribution in [3.05, 3.63) is 65.5 Å². The van der Waals surface area contributed by atoms with Gasteiger partial charge in [-0.05, 0) is 56.2 Å². The van der Waals surface area contributed by atoms with Crippen LogP contribution in [0.3, 0.4) is 0 Å². The lowest BCUT2D eigenvalue weighted by Gasteiger charge is -2.31. The molecule has 1 fully saturated rings. The van der Waals surface area contributed by atoms with Gasteiger partial charge >= 0.3 is 0 Å². The number of anilines is 1. The SMILES string of the molecule is Cc1ccc(S(=O)(=O)N2CCCC(C(=O)Nc3ccccc3-c3nc4ccccc4s3)C2)s1. The summed E-state index contributed by atoms with van der Waals surface area (Å²) in [6.07, 6.45) is 1.31. The van der Waals surface area contributed by atoms with Crippen LogP contribution in [0.25, 0.3) is 20.8 Å². The quantitative estimate of drug-likeness (QED) is 0.402. The van der Waals surface area contributed by atoms with Gasteiger partial charge in [-0.1, -0.05) is 24.3 Å². The van der Waals surface area contributed by atoms with Crippen LogP contribution in [-0.2, 0) is 14.8 Å². The zero-order valence-corrected chi connectivity index (χ0v) is 20.5. The summed E-state index contributed by atoms with van der Waals surface area (Å²) in [6.45, 7) is 2.51. The summed E-state index contributed by atoms with van der Waals surface area (Å²) in [4.78, 5) is 18.9. The number of piperidine rings is 1. The van der Waals surface area contributed by atoms with Crippen molar-refractivity contribution in [2.45, 2.75) is 24.0 Å². The molecule has 33 heavy (non-hydrogen) atoms. The van der Waals surface area contributed by atoms with Gasteiger partial charge in [0.05, 0.1) is 21.8 Å². The van der Waals surface area contributed by atoms with Crippen LogP contribution < -0.4 is 5.32 Å². The van der Waals surface area contributed by atoms with Crippen LogP contribution in [0, 0.1) is 12.8 Å². The van der Waals surface area contributed by atoms with E-state index in [0.29, 0.717) is 29.3 Å². The molecule has 1 atom stereocenters. The van der Waals surface area contributed by atoms with E-state index in [1.54, 1.807) is 17.4 Å². The first kappa shape index (κ1) is 22.2. The number of nitrogens with zero attached hydrogens (tertiary/aromatic N) is 2. The number of rotatable bonds is 5. The number of carbonyl (C=O) groups excluding carboxylic acids is 1. The second-order valence-corrected chi connectivity index (χ2v) is 12.6. The number of carbonyl (C=O) groups is 1. The summed E-state index contributed by atoms with van der Waals surface area (Å²) in [5.41, 5.74) is 2.48. The summed E-state index contributed by atoms with van der Waals surface area (Å²) < 4.78 is 29.0. The number of para-hydroxylation sites is 2. The number of thiophene rings is 1. The second kappa shape index (κ2) is 8.98. The van der Waals surface area contributed by atoms with E-state index in [4.69, 9.17) is 4.98 Å². The average molecular weight is 498 g/mol. The fourth-order valence-electron chi connectivity index (χ4n) is 4.05. The molecule has 0 saturated carbocycles. The van der Waals surface area contributed by atoms with Gasteiger partial charge in [0.25, 0.3) is 10.0 Å². The lowest BCUT2D eigenvalue weighted by Crippen LogP contribution is -2.43. The lowest BCUT2D eigenvalue weighted by atomic mass is 9.98. The summed E-state index contributed by atoms with van der Waals surface area (Å²) >= 11 is 2.85. The van der Waals surface area contributed by atoms with E-state index in [-0.39, 0.29) is 12.5 Å². The fourth-order valence-corrected chi connectivity index (χ4v) is 8.02. The minimum atomic E-state index is -3.58. The molecule has 1 N–H and O–H groups in total. The first-order chi connectivity index (χ1) is 15.9. The van der Waals surface area contributed by atoms with Gasteiger partial charge in [-0.3, -0.25) is 4.79 Å². The van der Waals surface area contributed by atoms with Gasteiger partial charge in [-0.2, -0.15) is 4.31 Å². The molecule has 6 nitrogen and oxygen atoms in total. The van der Waals surface area contributed by atoms with Crippen molar-refractivity contribution in [1.82, 2.24) is 9.29 Å². The van der Waals surface area contributed by atoms with Crippen molar-refractivity contribution in [1.29, 1.82) is 0 Å². The van der Waals surface area contributed by atoms with Gasteiger partial charge in [0, 0.05) is 23.5 Å². The third-order valence-corrected chi connectivity index (χ3v) is 10.2. The van der Waals surface area contributed by atoms with Crippen molar-refractivity contribution in [3.8, 4) is 10.6 Å². The third-order valence-electron chi connectivity index (χ3n) is 5.77. The monoisotopic (exact) mass is 497 g/mol. The molecule has 5 rings (SSSR count). The maximum Gasteiger partial charge on any atom is 0.252 e. The van der Waals surface area contributed by atoms with Crippen molar-refractivity contribution < 1.29 is 13.2 Å². The highest BCUT2D eigenvalue weighted by Crippen LogP contribution is 2.35. The Hall–Kier alpha value is -2.59. The highest BCUT2D eigenvalue weighted by molar-refractivity contribution is 7.91. The second-order valence-electron chi connectivity index (χ2n) is 8.09. The largest absolute Gasteiger partial charge is 0.325 e. The van der Waals surface area contributed by atoms with Crippen molar-refractivity contribution in [2.75, 3.05) is 18.4 Å². The van der Waals surface area contributed by atoms with Gasteiger partial charge in [0.15, 0.2) is 0 Å². The number of thiazole rings is 1. The molecule has 0 spiro atoms. The van der Waals surface area contributed by atoms with Gasteiger partial charge in [-0.15, -0.1) is 22.7 Å². The highest BCUT2D eigenvalue weighted by atomic mass is 32.2. The summed E-state index contributed by atoms with van der Waals surface area (Å²) in [7, 11) is -3.58. The fraction of sp³-hybridized carbons (Fsp3) is 0.250. The molecule has 4 aromatic rings. The number of sulfonamides is 1. The Kier molecular flexibility index (Phi) is 6.05. The van der Waals surface area contributed by atoms with Crippen LogP contribution in [-0.4, -0.2) is 36.7 Å². The lowest BCUT2D eigenvalue weighted by molar-refractivity contribution is -0.120. The molecule has 1 aliphatic rings. The molecular weight excluding hydrogens is 474 g/mol. The van der Waals surface area contributed by atoms with Gasteiger partial charge < -0.3 is 5.32 Å². The number of fused-ring (bicyclic) bond motifs is 1. The number of aryl methyl sites for hydroxylation is 1. The number of aromatic nitrogens is 1. The minimum absolute atomic E-state index is 0.161. The molecule has 2 aromatic carbocycles. The highest BCUT2D eigenvalue weighted by Gasteiger charge is 2.34. The van der Waals surface area contributed by atoms with Gasteiger partial charge in [-0.25, -0.2) is 13.4 Å². The molecule has 1 aliphatic heterocycles. The smallest absolute Gasteiger partial charge is 0.252 e. The zero-order chi connectivity index (χ0) is 23.0. The maximum atomic E-state index is 13.2. The normalized spacial score (nSPS) is 17.3. The van der Waals surface area contributed by atoms with E-state index in [1.807, 2.05) is 61.5 Å². The molecule has 1 amide bonds. The Morgan fingerprint density at radius 1 is 1.06 bits per heavy atom. The van der Waals surface area contributed by atoms with E-state index in [9.17, 15) is 13.2 Å². The molecule has 3 heterocycles.